The first-order chi connectivity index (χ1) is 12.0. The Labute approximate surface area is 153 Å². The van der Waals surface area contributed by atoms with Gasteiger partial charge in [-0.2, -0.15) is 5.10 Å². The van der Waals surface area contributed by atoms with Crippen molar-refractivity contribution in [2.45, 2.75) is 0 Å². The van der Waals surface area contributed by atoms with E-state index in [1.165, 1.54) is 45.7 Å². The van der Waals surface area contributed by atoms with Gasteiger partial charge < -0.3 is 19.3 Å². The highest BCUT2D eigenvalue weighted by molar-refractivity contribution is 9.10. The summed E-state index contributed by atoms with van der Waals surface area (Å²) in [6, 6.07) is 7.92. The number of aromatic hydroxyl groups is 1. The van der Waals surface area contributed by atoms with Gasteiger partial charge in [0, 0.05) is 15.6 Å². The maximum Gasteiger partial charge on any atom is 0.271 e. The molecular formula is C17H17BrN2O5. The first kappa shape index (κ1) is 18.6. The lowest BCUT2D eigenvalue weighted by Gasteiger charge is -2.13. The summed E-state index contributed by atoms with van der Waals surface area (Å²) in [5.41, 5.74) is 3.13. The lowest BCUT2D eigenvalue weighted by Crippen LogP contribution is -2.18. The van der Waals surface area contributed by atoms with Crippen LogP contribution in [0.1, 0.15) is 15.9 Å². The Hall–Kier alpha value is -2.74. The number of hydrogen-bond acceptors (Lipinski definition) is 6. The van der Waals surface area contributed by atoms with Crippen molar-refractivity contribution in [2.24, 2.45) is 5.10 Å². The second-order valence-corrected chi connectivity index (χ2v) is 5.73. The topological polar surface area (TPSA) is 89.4 Å². The molecule has 0 saturated heterocycles. The molecule has 0 atom stereocenters. The van der Waals surface area contributed by atoms with E-state index in [1.807, 2.05) is 0 Å². The highest BCUT2D eigenvalue weighted by Gasteiger charge is 2.16. The van der Waals surface area contributed by atoms with Crippen molar-refractivity contribution >= 4 is 28.1 Å². The van der Waals surface area contributed by atoms with Crippen molar-refractivity contribution in [3.63, 3.8) is 0 Å². The highest BCUT2D eigenvalue weighted by atomic mass is 79.9. The molecule has 2 N–H and O–H groups in total. The van der Waals surface area contributed by atoms with E-state index >= 15 is 0 Å². The minimum Gasteiger partial charge on any atom is -0.507 e. The Morgan fingerprint density at radius 3 is 2.32 bits per heavy atom. The van der Waals surface area contributed by atoms with Gasteiger partial charge in [0.2, 0.25) is 5.75 Å². The van der Waals surface area contributed by atoms with E-state index in [-0.39, 0.29) is 11.3 Å². The number of hydrogen-bond donors (Lipinski definition) is 2. The zero-order chi connectivity index (χ0) is 18.4. The lowest BCUT2D eigenvalue weighted by atomic mass is 10.1. The van der Waals surface area contributed by atoms with Crippen molar-refractivity contribution in [3.8, 4) is 23.0 Å². The van der Waals surface area contributed by atoms with Gasteiger partial charge in [-0.25, -0.2) is 5.43 Å². The monoisotopic (exact) mass is 408 g/mol. The summed E-state index contributed by atoms with van der Waals surface area (Å²) in [5.74, 6) is 0.698. The molecule has 0 saturated carbocycles. The van der Waals surface area contributed by atoms with Crippen molar-refractivity contribution < 1.29 is 24.1 Å². The van der Waals surface area contributed by atoms with Crippen molar-refractivity contribution in [2.75, 3.05) is 21.3 Å². The fourth-order valence-electron chi connectivity index (χ4n) is 2.07. The maximum absolute atomic E-state index is 12.3. The number of halogens is 1. The molecule has 1 amide bonds. The van der Waals surface area contributed by atoms with Crippen LogP contribution in [-0.4, -0.2) is 38.6 Å². The number of ether oxygens (including phenoxy) is 3. The van der Waals surface area contributed by atoms with E-state index in [4.69, 9.17) is 14.2 Å². The van der Waals surface area contributed by atoms with Crippen molar-refractivity contribution in [3.05, 3.63) is 45.9 Å². The molecule has 2 aromatic carbocycles. The second kappa shape index (κ2) is 8.39. The molecule has 8 heteroatoms. The first-order valence-electron chi connectivity index (χ1n) is 7.12. The summed E-state index contributed by atoms with van der Waals surface area (Å²) in [4.78, 5) is 12.3. The van der Waals surface area contributed by atoms with E-state index in [2.05, 4.69) is 26.5 Å². The van der Waals surface area contributed by atoms with Crippen LogP contribution in [0.3, 0.4) is 0 Å². The van der Waals surface area contributed by atoms with Crippen LogP contribution in [0.5, 0.6) is 23.0 Å². The van der Waals surface area contributed by atoms with Crippen LogP contribution >= 0.6 is 15.9 Å². The van der Waals surface area contributed by atoms with Gasteiger partial charge >= 0.3 is 0 Å². The number of carbonyl (C=O) groups is 1. The van der Waals surface area contributed by atoms with Crippen LogP contribution in [0.25, 0.3) is 0 Å². The van der Waals surface area contributed by atoms with Crippen LogP contribution in [0.15, 0.2) is 39.9 Å². The molecule has 0 unspecified atom stereocenters. The summed E-state index contributed by atoms with van der Waals surface area (Å²) in [5, 5.41) is 13.6. The highest BCUT2D eigenvalue weighted by Crippen LogP contribution is 2.38. The fourth-order valence-corrected chi connectivity index (χ4v) is 2.44. The number of nitrogens with one attached hydrogen (secondary N) is 1. The number of carbonyl (C=O) groups excluding carboxylic acids is 1. The molecule has 0 fully saturated rings. The minimum absolute atomic E-state index is 0.0500. The van der Waals surface area contributed by atoms with Gasteiger partial charge in [-0.15, -0.1) is 0 Å². The van der Waals surface area contributed by atoms with Gasteiger partial charge in [0.25, 0.3) is 5.91 Å². The van der Waals surface area contributed by atoms with E-state index in [9.17, 15) is 9.90 Å². The van der Waals surface area contributed by atoms with Crippen LogP contribution in [0.4, 0.5) is 0 Å². The standard InChI is InChI=1S/C17H17BrN2O5/c1-23-14-7-10(8-15(24-2)16(14)25-3)17(22)20-19-9-11-6-12(18)4-5-13(11)21/h4-9,21H,1-3H3,(H,20,22)/b19-9+. The SMILES string of the molecule is COc1cc(C(=O)N/N=C/c2cc(Br)ccc2O)cc(OC)c1OC. The van der Waals surface area contributed by atoms with E-state index < -0.39 is 5.91 Å². The molecule has 0 bridgehead atoms. The fraction of sp³-hybridized carbons (Fsp3) is 0.176. The van der Waals surface area contributed by atoms with Crippen molar-refractivity contribution in [1.29, 1.82) is 0 Å². The largest absolute Gasteiger partial charge is 0.507 e. The average molecular weight is 409 g/mol. The van der Waals surface area contributed by atoms with Gasteiger partial charge in [0.05, 0.1) is 27.5 Å². The van der Waals surface area contributed by atoms with Crippen molar-refractivity contribution in [1.82, 2.24) is 5.43 Å². The molecule has 0 radical (unpaired) electrons. The maximum atomic E-state index is 12.3. The first-order valence-corrected chi connectivity index (χ1v) is 7.91. The molecule has 0 heterocycles. The Kier molecular flexibility index (Phi) is 6.24. The molecule has 2 rings (SSSR count). The number of nitrogens with zero attached hydrogens (tertiary/aromatic N) is 1. The van der Waals surface area contributed by atoms with Gasteiger partial charge in [0.15, 0.2) is 11.5 Å². The Bertz CT molecular complexity index is 783. The predicted octanol–water partition coefficient (Wildman–Crippen LogP) is 2.94. The second-order valence-electron chi connectivity index (χ2n) is 4.82. The molecule has 2 aromatic rings. The number of phenols is 1. The molecular weight excluding hydrogens is 392 g/mol. The number of rotatable bonds is 6. The molecule has 132 valence electrons. The summed E-state index contributed by atoms with van der Waals surface area (Å²) < 4.78 is 16.4. The number of hydrazone groups is 1. The third kappa shape index (κ3) is 4.42. The molecule has 7 nitrogen and oxygen atoms in total. The smallest absolute Gasteiger partial charge is 0.271 e. The molecule has 0 aliphatic heterocycles. The molecule has 0 spiro atoms. The Balaban J connectivity index is 2.20. The van der Waals surface area contributed by atoms with E-state index in [1.54, 1.807) is 12.1 Å². The van der Waals surface area contributed by atoms with E-state index in [0.29, 0.717) is 22.8 Å². The van der Waals surface area contributed by atoms with Gasteiger partial charge in [-0.3, -0.25) is 4.79 Å². The summed E-state index contributed by atoms with van der Waals surface area (Å²) in [6.45, 7) is 0. The van der Waals surface area contributed by atoms with Gasteiger partial charge in [0.1, 0.15) is 5.75 Å². The molecule has 0 aromatic heterocycles. The normalized spacial score (nSPS) is 10.6. The Morgan fingerprint density at radius 2 is 1.76 bits per heavy atom. The third-order valence-corrected chi connectivity index (χ3v) is 3.78. The summed E-state index contributed by atoms with van der Waals surface area (Å²) >= 11 is 3.30. The minimum atomic E-state index is -0.468. The van der Waals surface area contributed by atoms with E-state index in [0.717, 1.165) is 4.47 Å². The van der Waals surface area contributed by atoms with Crippen LogP contribution in [0.2, 0.25) is 0 Å². The van der Waals surface area contributed by atoms with Crippen LogP contribution in [0, 0.1) is 0 Å². The summed E-state index contributed by atoms with van der Waals surface area (Å²) in [6.07, 6.45) is 1.34. The van der Waals surface area contributed by atoms with Gasteiger partial charge in [-0.05, 0) is 30.3 Å². The van der Waals surface area contributed by atoms with Gasteiger partial charge in [-0.1, -0.05) is 15.9 Å². The number of phenolic OH excluding ortho intramolecular Hbond substituents is 1. The van der Waals surface area contributed by atoms with Crippen LogP contribution < -0.4 is 19.6 Å². The zero-order valence-corrected chi connectivity index (χ0v) is 15.5. The predicted molar refractivity (Wildman–Crippen MR) is 97.0 cm³/mol. The summed E-state index contributed by atoms with van der Waals surface area (Å²) in [7, 11) is 4.41. The molecule has 0 aliphatic carbocycles. The number of methoxy groups -OCH3 is 3. The number of amides is 1. The third-order valence-electron chi connectivity index (χ3n) is 3.29. The van der Waals surface area contributed by atoms with Crippen LogP contribution in [-0.2, 0) is 0 Å². The molecule has 0 aliphatic rings. The number of benzene rings is 2. The lowest BCUT2D eigenvalue weighted by molar-refractivity contribution is 0.0954. The molecule has 25 heavy (non-hydrogen) atoms. The Morgan fingerprint density at radius 1 is 1.12 bits per heavy atom. The quantitative estimate of drug-likeness (QED) is 0.566. The average Bonchev–Trinajstić information content (AvgIpc) is 2.62. The zero-order valence-electron chi connectivity index (χ0n) is 13.9.